The van der Waals surface area contributed by atoms with Crippen molar-refractivity contribution in [3.63, 3.8) is 0 Å². The van der Waals surface area contributed by atoms with Crippen LogP contribution in [0.2, 0.25) is 0 Å². The fourth-order valence-corrected chi connectivity index (χ4v) is 4.52. The smallest absolute Gasteiger partial charge is 0.326 e. The van der Waals surface area contributed by atoms with Crippen molar-refractivity contribution in [3.8, 4) is 0 Å². The van der Waals surface area contributed by atoms with Crippen molar-refractivity contribution in [3.05, 3.63) is 35.4 Å². The Balaban J connectivity index is 2.20. The second kappa shape index (κ2) is 13.4. The molecule has 0 saturated carbocycles. The predicted octanol–water partition coefficient (Wildman–Crippen LogP) is 1.61. The second-order valence-corrected chi connectivity index (χ2v) is 10.2. The van der Waals surface area contributed by atoms with Crippen LogP contribution < -0.4 is 16.4 Å². The van der Waals surface area contributed by atoms with Crippen LogP contribution in [-0.4, -0.2) is 76.9 Å². The molecule has 0 saturated heterocycles. The minimum absolute atomic E-state index is 0.0338. The van der Waals surface area contributed by atoms with E-state index in [4.69, 9.17) is 5.73 Å². The van der Waals surface area contributed by atoms with E-state index in [0.29, 0.717) is 49.9 Å². The highest BCUT2D eigenvalue weighted by molar-refractivity contribution is 7.98. The Hall–Kier alpha value is -1.26. The normalized spacial score (nSPS) is 19.2. The Kier molecular flexibility index (Phi) is 11.3. The first-order valence-electron chi connectivity index (χ1n) is 11.2. The van der Waals surface area contributed by atoms with Crippen molar-refractivity contribution in [2.24, 2.45) is 11.7 Å². The van der Waals surface area contributed by atoms with Gasteiger partial charge >= 0.3 is 5.97 Å². The first-order chi connectivity index (χ1) is 15.3. The third-order valence-electron chi connectivity index (χ3n) is 5.99. The molecule has 0 spiro atoms. The number of thiol groups is 1. The predicted molar refractivity (Wildman–Crippen MR) is 135 cm³/mol. The van der Waals surface area contributed by atoms with Gasteiger partial charge in [-0.15, -0.1) is 0 Å². The van der Waals surface area contributed by atoms with Gasteiger partial charge < -0.3 is 21.5 Å². The van der Waals surface area contributed by atoms with E-state index in [1.165, 1.54) is 5.56 Å². The number of nitrogens with one attached hydrogen (secondary N) is 2. The molecule has 1 aromatic rings. The van der Waals surface area contributed by atoms with Gasteiger partial charge in [0.2, 0.25) is 5.91 Å². The number of hydrogen-bond acceptors (Lipinski definition) is 7. The van der Waals surface area contributed by atoms with Crippen LogP contribution in [0.1, 0.15) is 31.4 Å². The summed E-state index contributed by atoms with van der Waals surface area (Å²) in [6, 6.07) is 6.98. The van der Waals surface area contributed by atoms with E-state index >= 15 is 0 Å². The SMILES string of the molecule is CSCC[C@@H](NC(=O)[C@H]1Cc2ccccc2CN1C[C@H](NC[C@H](N)CS)C(C)C)C(=O)O. The van der Waals surface area contributed by atoms with E-state index in [2.05, 4.69) is 54.1 Å². The summed E-state index contributed by atoms with van der Waals surface area (Å²) in [6.07, 6.45) is 2.90. The van der Waals surface area contributed by atoms with Gasteiger partial charge in [0.05, 0.1) is 6.04 Å². The van der Waals surface area contributed by atoms with Gasteiger partial charge in [0.15, 0.2) is 0 Å². The Morgan fingerprint density at radius 3 is 2.59 bits per heavy atom. The minimum Gasteiger partial charge on any atom is -0.480 e. The second-order valence-electron chi connectivity index (χ2n) is 8.80. The van der Waals surface area contributed by atoms with Crippen LogP contribution in [0.15, 0.2) is 24.3 Å². The summed E-state index contributed by atoms with van der Waals surface area (Å²) in [4.78, 5) is 27.1. The summed E-state index contributed by atoms with van der Waals surface area (Å²) in [5.41, 5.74) is 8.40. The van der Waals surface area contributed by atoms with Gasteiger partial charge in [-0.1, -0.05) is 38.1 Å². The van der Waals surface area contributed by atoms with Gasteiger partial charge in [0, 0.05) is 37.5 Å². The van der Waals surface area contributed by atoms with Crippen LogP contribution >= 0.6 is 24.4 Å². The van der Waals surface area contributed by atoms with E-state index in [0.717, 1.165) is 5.56 Å². The van der Waals surface area contributed by atoms with Crippen LogP contribution in [-0.2, 0) is 22.6 Å². The average Bonchev–Trinajstić information content (AvgIpc) is 2.77. The minimum atomic E-state index is -0.988. The Bertz CT molecular complexity index is 750. The lowest BCUT2D eigenvalue weighted by atomic mass is 9.91. The number of carbonyl (C=O) groups excluding carboxylic acids is 1. The molecule has 0 bridgehead atoms. The summed E-state index contributed by atoms with van der Waals surface area (Å²) >= 11 is 5.84. The molecule has 0 fully saturated rings. The lowest BCUT2D eigenvalue weighted by molar-refractivity contribution is -0.143. The molecule has 1 aliphatic rings. The zero-order chi connectivity index (χ0) is 23.7. The third-order valence-corrected chi connectivity index (χ3v) is 7.10. The molecule has 1 amide bonds. The van der Waals surface area contributed by atoms with Crippen LogP contribution in [0, 0.1) is 5.92 Å². The van der Waals surface area contributed by atoms with Gasteiger partial charge in [0.1, 0.15) is 6.04 Å². The van der Waals surface area contributed by atoms with Gasteiger partial charge in [-0.05, 0) is 41.9 Å². The first-order valence-corrected chi connectivity index (χ1v) is 13.2. The molecule has 1 aliphatic heterocycles. The van der Waals surface area contributed by atoms with Gasteiger partial charge in [0.25, 0.3) is 0 Å². The molecule has 0 unspecified atom stereocenters. The highest BCUT2D eigenvalue weighted by Gasteiger charge is 2.35. The number of amides is 1. The standard InChI is InChI=1S/C23H38N4O3S2/c1-15(2)20(25-11-18(24)14-31)13-27-12-17-7-5-4-6-16(17)10-21(27)22(28)26-19(23(29)30)8-9-32-3/h4-7,15,18-21,25,31H,8-14,24H2,1-3H3,(H,26,28)(H,29,30)/t18-,19+,20-,21+/m0/s1. The van der Waals surface area contributed by atoms with Crippen molar-refractivity contribution >= 4 is 36.3 Å². The molecule has 5 N–H and O–H groups in total. The number of carbonyl (C=O) groups is 2. The quantitative estimate of drug-likeness (QED) is 0.272. The van der Waals surface area contributed by atoms with Crippen LogP contribution in [0.4, 0.5) is 0 Å². The van der Waals surface area contributed by atoms with Gasteiger partial charge in [-0.2, -0.15) is 24.4 Å². The highest BCUT2D eigenvalue weighted by Crippen LogP contribution is 2.24. The first kappa shape index (κ1) is 27.0. The number of nitrogens with zero attached hydrogens (tertiary/aromatic N) is 1. The largest absolute Gasteiger partial charge is 0.480 e. The molecule has 1 aromatic carbocycles. The molecule has 1 heterocycles. The fraction of sp³-hybridized carbons (Fsp3) is 0.652. The number of carboxylic acids is 1. The topological polar surface area (TPSA) is 108 Å². The Labute approximate surface area is 201 Å². The number of thioether (sulfide) groups is 1. The number of fused-ring (bicyclic) bond motifs is 1. The summed E-state index contributed by atoms with van der Waals surface area (Å²) in [7, 11) is 0. The molecule has 0 aromatic heterocycles. The highest BCUT2D eigenvalue weighted by atomic mass is 32.2. The molecule has 9 heteroatoms. The van der Waals surface area contributed by atoms with Crippen molar-refractivity contribution in [2.45, 2.75) is 57.4 Å². The van der Waals surface area contributed by atoms with Crippen LogP contribution in [0.3, 0.4) is 0 Å². The van der Waals surface area contributed by atoms with Gasteiger partial charge in [-0.25, -0.2) is 4.79 Å². The van der Waals surface area contributed by atoms with Crippen molar-refractivity contribution in [1.29, 1.82) is 0 Å². The summed E-state index contributed by atoms with van der Waals surface area (Å²) in [6.45, 7) is 6.29. The molecular weight excluding hydrogens is 444 g/mol. The summed E-state index contributed by atoms with van der Waals surface area (Å²) in [5.74, 6) is 0.419. The maximum Gasteiger partial charge on any atom is 0.326 e. The molecule has 32 heavy (non-hydrogen) atoms. The Morgan fingerprint density at radius 1 is 1.31 bits per heavy atom. The van der Waals surface area contributed by atoms with E-state index in [-0.39, 0.29) is 18.0 Å². The number of hydrogen-bond donors (Lipinski definition) is 5. The summed E-state index contributed by atoms with van der Waals surface area (Å²) in [5, 5.41) is 15.9. The monoisotopic (exact) mass is 482 g/mol. The molecular formula is C23H38N4O3S2. The maximum atomic E-state index is 13.3. The molecule has 180 valence electrons. The van der Waals surface area contributed by atoms with E-state index in [1.807, 2.05) is 18.4 Å². The molecule has 2 rings (SSSR count). The molecule has 4 atom stereocenters. The van der Waals surface area contributed by atoms with Crippen molar-refractivity contribution in [2.75, 3.05) is 30.9 Å². The number of nitrogens with two attached hydrogens (primary N) is 1. The van der Waals surface area contributed by atoms with Crippen molar-refractivity contribution < 1.29 is 14.7 Å². The third kappa shape index (κ3) is 7.95. The average molecular weight is 483 g/mol. The lowest BCUT2D eigenvalue weighted by Gasteiger charge is -2.39. The number of carboxylic acid groups (broad SMARTS) is 1. The van der Waals surface area contributed by atoms with Crippen LogP contribution in [0.5, 0.6) is 0 Å². The zero-order valence-corrected chi connectivity index (χ0v) is 21.0. The number of aliphatic carboxylic acids is 1. The Morgan fingerprint density at radius 2 is 2.00 bits per heavy atom. The molecule has 7 nitrogen and oxygen atoms in total. The lowest BCUT2D eigenvalue weighted by Crippen LogP contribution is -2.57. The number of rotatable bonds is 13. The van der Waals surface area contributed by atoms with Crippen LogP contribution in [0.25, 0.3) is 0 Å². The molecule has 0 radical (unpaired) electrons. The fourth-order valence-electron chi connectivity index (χ4n) is 3.92. The van der Waals surface area contributed by atoms with Crippen molar-refractivity contribution in [1.82, 2.24) is 15.5 Å². The van der Waals surface area contributed by atoms with Gasteiger partial charge in [-0.3, -0.25) is 9.69 Å². The number of benzene rings is 1. The summed E-state index contributed by atoms with van der Waals surface area (Å²) < 4.78 is 0. The van der Waals surface area contributed by atoms with E-state index < -0.39 is 18.1 Å². The van der Waals surface area contributed by atoms with E-state index in [1.54, 1.807) is 11.8 Å². The van der Waals surface area contributed by atoms with E-state index in [9.17, 15) is 14.7 Å². The zero-order valence-electron chi connectivity index (χ0n) is 19.3. The molecule has 0 aliphatic carbocycles. The maximum absolute atomic E-state index is 13.3.